The quantitative estimate of drug-likeness (QED) is 0.560. The summed E-state index contributed by atoms with van der Waals surface area (Å²) in [5, 5.41) is 12.3. The Kier molecular flexibility index (Phi) is 2.69. The van der Waals surface area contributed by atoms with Crippen LogP contribution in [0.5, 0.6) is 0 Å². The predicted octanol–water partition coefficient (Wildman–Crippen LogP) is 0.901. The Labute approximate surface area is 62.6 Å². The molecule has 0 amide bonds. The second-order valence-corrected chi connectivity index (χ2v) is 3.22. The normalized spacial score (nSPS) is 21.0. The summed E-state index contributed by atoms with van der Waals surface area (Å²) < 4.78 is 0. The molecule has 0 bridgehead atoms. The third-order valence-electron chi connectivity index (χ3n) is 2.19. The minimum Gasteiger partial charge on any atom is -0.394 e. The van der Waals surface area contributed by atoms with Crippen molar-refractivity contribution >= 4 is 0 Å². The van der Waals surface area contributed by atoms with Gasteiger partial charge in [-0.2, -0.15) is 0 Å². The molecule has 0 spiro atoms. The summed E-state index contributed by atoms with van der Waals surface area (Å²) in [4.78, 5) is 0. The zero-order chi connectivity index (χ0) is 7.45. The molecular formula is C8H17NO. The molecule has 0 radical (unpaired) electrons. The number of rotatable bonds is 5. The van der Waals surface area contributed by atoms with Gasteiger partial charge in [0.1, 0.15) is 0 Å². The number of nitrogens with one attached hydrogen (secondary N) is 1. The van der Waals surface area contributed by atoms with Gasteiger partial charge in [0, 0.05) is 5.54 Å². The minimum absolute atomic E-state index is 0.148. The molecule has 1 fully saturated rings. The molecule has 1 aliphatic rings. The number of hydrogen-bond donors (Lipinski definition) is 2. The van der Waals surface area contributed by atoms with Crippen LogP contribution in [0.1, 0.15) is 32.6 Å². The van der Waals surface area contributed by atoms with Gasteiger partial charge in [-0.3, -0.25) is 0 Å². The number of aliphatic hydroxyl groups excluding tert-OH is 1. The topological polar surface area (TPSA) is 32.3 Å². The van der Waals surface area contributed by atoms with E-state index in [2.05, 4.69) is 12.2 Å². The van der Waals surface area contributed by atoms with Crippen LogP contribution >= 0.6 is 0 Å². The molecule has 0 aromatic heterocycles. The first kappa shape index (κ1) is 8.02. The van der Waals surface area contributed by atoms with Gasteiger partial charge in [-0.25, -0.2) is 0 Å². The van der Waals surface area contributed by atoms with Gasteiger partial charge in [0.15, 0.2) is 0 Å². The summed E-state index contributed by atoms with van der Waals surface area (Å²) in [6, 6.07) is 0. The van der Waals surface area contributed by atoms with Crippen molar-refractivity contribution < 1.29 is 5.11 Å². The van der Waals surface area contributed by atoms with Gasteiger partial charge in [-0.1, -0.05) is 13.3 Å². The molecule has 2 heteroatoms. The second kappa shape index (κ2) is 3.35. The zero-order valence-electron chi connectivity index (χ0n) is 6.69. The number of hydrogen-bond acceptors (Lipinski definition) is 2. The summed E-state index contributed by atoms with van der Waals surface area (Å²) in [6.07, 6.45) is 4.77. The Morgan fingerprint density at radius 1 is 1.50 bits per heavy atom. The lowest BCUT2D eigenvalue weighted by Gasteiger charge is -2.12. The fourth-order valence-corrected chi connectivity index (χ4v) is 1.07. The summed E-state index contributed by atoms with van der Waals surface area (Å²) in [6.45, 7) is 3.56. The van der Waals surface area contributed by atoms with E-state index in [1.807, 2.05) is 0 Å². The summed E-state index contributed by atoms with van der Waals surface area (Å²) in [5.74, 6) is 0. The van der Waals surface area contributed by atoms with Crippen molar-refractivity contribution in [3.63, 3.8) is 0 Å². The molecule has 0 unspecified atom stereocenters. The highest BCUT2D eigenvalue weighted by molar-refractivity contribution is 5.01. The van der Waals surface area contributed by atoms with Crippen LogP contribution in [0.3, 0.4) is 0 Å². The van der Waals surface area contributed by atoms with Crippen molar-refractivity contribution in [3.05, 3.63) is 0 Å². The van der Waals surface area contributed by atoms with E-state index in [-0.39, 0.29) is 5.54 Å². The maximum atomic E-state index is 8.89. The third kappa shape index (κ3) is 1.96. The van der Waals surface area contributed by atoms with E-state index in [1.54, 1.807) is 0 Å². The Bertz CT molecular complexity index is 99.4. The van der Waals surface area contributed by atoms with Gasteiger partial charge in [0.05, 0.1) is 6.61 Å². The molecule has 0 aromatic rings. The SMILES string of the molecule is CCCCNC1(CO)CC1. The highest BCUT2D eigenvalue weighted by atomic mass is 16.3. The molecule has 1 aliphatic carbocycles. The third-order valence-corrected chi connectivity index (χ3v) is 2.19. The molecule has 0 saturated heterocycles. The second-order valence-electron chi connectivity index (χ2n) is 3.22. The molecule has 10 heavy (non-hydrogen) atoms. The van der Waals surface area contributed by atoms with Crippen molar-refractivity contribution in [2.45, 2.75) is 38.1 Å². The highest BCUT2D eigenvalue weighted by Crippen LogP contribution is 2.34. The van der Waals surface area contributed by atoms with Crippen molar-refractivity contribution in [3.8, 4) is 0 Å². The Morgan fingerprint density at radius 3 is 2.60 bits per heavy atom. The maximum Gasteiger partial charge on any atom is 0.0613 e. The van der Waals surface area contributed by atoms with Crippen LogP contribution in [0.25, 0.3) is 0 Å². The standard InChI is InChI=1S/C8H17NO/c1-2-3-6-9-8(7-10)4-5-8/h9-10H,2-7H2,1H3. The van der Waals surface area contributed by atoms with E-state index in [1.165, 1.54) is 12.8 Å². The summed E-state index contributed by atoms with van der Waals surface area (Å²) >= 11 is 0. The number of aliphatic hydroxyl groups is 1. The molecule has 60 valence electrons. The van der Waals surface area contributed by atoms with Crippen LogP contribution in [-0.4, -0.2) is 23.8 Å². The minimum atomic E-state index is 0.148. The largest absolute Gasteiger partial charge is 0.394 e. The maximum absolute atomic E-state index is 8.89. The van der Waals surface area contributed by atoms with E-state index in [0.717, 1.165) is 19.4 Å². The van der Waals surface area contributed by atoms with E-state index in [4.69, 9.17) is 5.11 Å². The van der Waals surface area contributed by atoms with E-state index < -0.39 is 0 Å². The summed E-state index contributed by atoms with van der Waals surface area (Å²) in [7, 11) is 0. The highest BCUT2D eigenvalue weighted by Gasteiger charge is 2.40. The lowest BCUT2D eigenvalue weighted by atomic mass is 10.2. The first-order valence-electron chi connectivity index (χ1n) is 4.19. The Morgan fingerprint density at radius 2 is 2.20 bits per heavy atom. The Balaban J connectivity index is 2.01. The average Bonchev–Trinajstić information content (AvgIpc) is 2.70. The fourth-order valence-electron chi connectivity index (χ4n) is 1.07. The molecule has 0 atom stereocenters. The molecule has 0 aliphatic heterocycles. The first-order valence-corrected chi connectivity index (χ1v) is 4.19. The van der Waals surface area contributed by atoms with Gasteiger partial charge in [-0.15, -0.1) is 0 Å². The molecule has 1 saturated carbocycles. The first-order chi connectivity index (χ1) is 4.83. The van der Waals surface area contributed by atoms with E-state index >= 15 is 0 Å². The molecule has 2 nitrogen and oxygen atoms in total. The predicted molar refractivity (Wildman–Crippen MR) is 42.0 cm³/mol. The molecular weight excluding hydrogens is 126 g/mol. The number of unbranched alkanes of at least 4 members (excludes halogenated alkanes) is 1. The lowest BCUT2D eigenvalue weighted by molar-refractivity contribution is 0.230. The van der Waals surface area contributed by atoms with Crippen molar-refractivity contribution in [2.24, 2.45) is 0 Å². The van der Waals surface area contributed by atoms with Crippen LogP contribution in [0.15, 0.2) is 0 Å². The van der Waals surface area contributed by atoms with Gasteiger partial charge in [-0.05, 0) is 25.8 Å². The summed E-state index contributed by atoms with van der Waals surface area (Å²) in [5.41, 5.74) is 0.148. The van der Waals surface area contributed by atoms with E-state index in [0.29, 0.717) is 6.61 Å². The fraction of sp³-hybridized carbons (Fsp3) is 1.00. The van der Waals surface area contributed by atoms with Crippen LogP contribution < -0.4 is 5.32 Å². The molecule has 0 aromatic carbocycles. The van der Waals surface area contributed by atoms with Gasteiger partial charge < -0.3 is 10.4 Å². The van der Waals surface area contributed by atoms with Crippen LogP contribution in [-0.2, 0) is 0 Å². The monoisotopic (exact) mass is 143 g/mol. The van der Waals surface area contributed by atoms with Crippen LogP contribution in [0.2, 0.25) is 0 Å². The lowest BCUT2D eigenvalue weighted by Crippen LogP contribution is -2.35. The van der Waals surface area contributed by atoms with Crippen LogP contribution in [0, 0.1) is 0 Å². The van der Waals surface area contributed by atoms with Gasteiger partial charge in [0.2, 0.25) is 0 Å². The van der Waals surface area contributed by atoms with Crippen molar-refractivity contribution in [1.82, 2.24) is 5.32 Å². The van der Waals surface area contributed by atoms with Crippen molar-refractivity contribution in [2.75, 3.05) is 13.2 Å². The molecule has 0 heterocycles. The van der Waals surface area contributed by atoms with Gasteiger partial charge in [0.25, 0.3) is 0 Å². The Hall–Kier alpha value is -0.0800. The van der Waals surface area contributed by atoms with Crippen molar-refractivity contribution in [1.29, 1.82) is 0 Å². The van der Waals surface area contributed by atoms with E-state index in [9.17, 15) is 0 Å². The smallest absolute Gasteiger partial charge is 0.0613 e. The van der Waals surface area contributed by atoms with Gasteiger partial charge >= 0.3 is 0 Å². The zero-order valence-corrected chi connectivity index (χ0v) is 6.69. The molecule has 1 rings (SSSR count). The average molecular weight is 143 g/mol. The molecule has 2 N–H and O–H groups in total. The van der Waals surface area contributed by atoms with Crippen LogP contribution in [0.4, 0.5) is 0 Å².